The molecule has 1 aromatic heterocycles. The Kier molecular flexibility index (Phi) is 8.83. The predicted molar refractivity (Wildman–Crippen MR) is 93.5 cm³/mol. The lowest BCUT2D eigenvalue weighted by molar-refractivity contribution is 0.571. The first-order chi connectivity index (χ1) is 9.61. The fourth-order valence-electron chi connectivity index (χ4n) is 1.56. The highest BCUT2D eigenvalue weighted by atomic mass is 35.5. The van der Waals surface area contributed by atoms with Crippen molar-refractivity contribution in [3.63, 3.8) is 0 Å². The molecule has 0 aliphatic heterocycles. The van der Waals surface area contributed by atoms with Crippen molar-refractivity contribution in [2.75, 3.05) is 7.05 Å². The van der Waals surface area contributed by atoms with Crippen LogP contribution in [-0.2, 0) is 0 Å². The van der Waals surface area contributed by atoms with Gasteiger partial charge in [-0.3, -0.25) is 0 Å². The van der Waals surface area contributed by atoms with Crippen LogP contribution in [0.4, 0.5) is 0 Å². The van der Waals surface area contributed by atoms with Gasteiger partial charge in [0.1, 0.15) is 5.76 Å². The molecule has 0 saturated carbocycles. The van der Waals surface area contributed by atoms with Crippen molar-refractivity contribution in [2.45, 2.75) is 28.2 Å². The maximum atomic E-state index is 5.98. The van der Waals surface area contributed by atoms with Crippen LogP contribution in [0.2, 0.25) is 10.0 Å². The van der Waals surface area contributed by atoms with Crippen LogP contribution in [0.25, 0.3) is 11.3 Å². The number of hydrazone groups is 1. The van der Waals surface area contributed by atoms with Gasteiger partial charge in [-0.2, -0.15) is 5.10 Å². The van der Waals surface area contributed by atoms with E-state index in [2.05, 4.69) is 10.5 Å². The van der Waals surface area contributed by atoms with E-state index in [1.54, 1.807) is 19.2 Å². The van der Waals surface area contributed by atoms with Gasteiger partial charge in [-0.1, -0.05) is 44.5 Å². The number of hydrogen-bond acceptors (Lipinski definition) is 3. The summed E-state index contributed by atoms with van der Waals surface area (Å²) in [5.74, 6) is 1.44. The maximum absolute atomic E-state index is 5.98. The zero-order valence-electron chi connectivity index (χ0n) is 12.0. The molecular formula is C16H22Cl2N2O. The third-order valence-electron chi connectivity index (χ3n) is 2.45. The number of hydrogen-bond donors (Lipinski definition) is 1. The Bertz CT molecular complexity index is 592. The van der Waals surface area contributed by atoms with Gasteiger partial charge < -0.3 is 9.84 Å². The zero-order valence-corrected chi connectivity index (χ0v) is 13.5. The van der Waals surface area contributed by atoms with E-state index in [9.17, 15) is 0 Å². The topological polar surface area (TPSA) is 37.5 Å². The standard InChI is InChI=1S/C13H12Cl2N2O.C2H6.CH4/c1-8(17-16-2)12-5-6-13(18-12)9-3-4-10(14)11(15)7-9;1-2;/h3-7,16H,1-2H3;1-2H3;1H4/b17-8+;;. The van der Waals surface area contributed by atoms with E-state index in [0.717, 1.165) is 17.0 Å². The quantitative estimate of drug-likeness (QED) is 0.566. The summed E-state index contributed by atoms with van der Waals surface area (Å²) in [5, 5.41) is 5.09. The number of furan rings is 1. The van der Waals surface area contributed by atoms with Crippen molar-refractivity contribution < 1.29 is 4.42 Å². The third kappa shape index (κ3) is 5.10. The summed E-state index contributed by atoms with van der Waals surface area (Å²) in [6.07, 6.45) is 0. The molecule has 0 aliphatic carbocycles. The largest absolute Gasteiger partial charge is 0.455 e. The number of nitrogens with zero attached hydrogens (tertiary/aromatic N) is 1. The van der Waals surface area contributed by atoms with Crippen molar-refractivity contribution in [2.24, 2.45) is 5.10 Å². The molecule has 0 atom stereocenters. The normalized spacial score (nSPS) is 10.3. The molecule has 0 spiro atoms. The zero-order chi connectivity index (χ0) is 15.1. The molecule has 1 heterocycles. The summed E-state index contributed by atoms with van der Waals surface area (Å²) in [4.78, 5) is 0. The summed E-state index contributed by atoms with van der Waals surface area (Å²) in [6.45, 7) is 5.87. The minimum atomic E-state index is 0. The molecule has 0 radical (unpaired) electrons. The Labute approximate surface area is 137 Å². The van der Waals surface area contributed by atoms with Gasteiger partial charge in [-0.05, 0) is 37.3 Å². The average molecular weight is 329 g/mol. The van der Waals surface area contributed by atoms with Crippen LogP contribution < -0.4 is 5.43 Å². The van der Waals surface area contributed by atoms with Gasteiger partial charge in [-0.25, -0.2) is 0 Å². The van der Waals surface area contributed by atoms with Gasteiger partial charge in [-0.15, -0.1) is 0 Å². The first-order valence-electron chi connectivity index (χ1n) is 6.38. The van der Waals surface area contributed by atoms with Gasteiger partial charge in [0.15, 0.2) is 5.76 Å². The van der Waals surface area contributed by atoms with Crippen molar-refractivity contribution in [3.8, 4) is 11.3 Å². The Hall–Kier alpha value is -1.45. The van der Waals surface area contributed by atoms with Gasteiger partial charge in [0.25, 0.3) is 0 Å². The van der Waals surface area contributed by atoms with E-state index in [0.29, 0.717) is 15.8 Å². The molecule has 2 aromatic rings. The number of rotatable bonds is 3. The average Bonchev–Trinajstić information content (AvgIpc) is 2.94. The molecule has 5 heteroatoms. The number of halogens is 2. The second-order valence-electron chi connectivity index (χ2n) is 3.71. The van der Waals surface area contributed by atoms with E-state index >= 15 is 0 Å². The highest BCUT2D eigenvalue weighted by molar-refractivity contribution is 6.42. The first kappa shape index (κ1) is 19.6. The second kappa shape index (κ2) is 9.48. The van der Waals surface area contributed by atoms with Crippen LogP contribution in [0.5, 0.6) is 0 Å². The minimum Gasteiger partial charge on any atom is -0.455 e. The number of benzene rings is 1. The molecule has 116 valence electrons. The Morgan fingerprint density at radius 2 is 1.76 bits per heavy atom. The van der Waals surface area contributed by atoms with Gasteiger partial charge >= 0.3 is 0 Å². The molecule has 1 aromatic carbocycles. The molecule has 0 fully saturated rings. The SMILES string of the molecule is C.CC.CN/N=C(\C)c1ccc(-c2ccc(Cl)c(Cl)c2)o1. The van der Waals surface area contributed by atoms with Crippen LogP contribution in [-0.4, -0.2) is 12.8 Å². The van der Waals surface area contributed by atoms with Gasteiger partial charge in [0, 0.05) is 12.6 Å². The van der Waals surface area contributed by atoms with Crippen LogP contribution in [0, 0.1) is 0 Å². The molecule has 0 saturated heterocycles. The fraction of sp³-hybridized carbons (Fsp3) is 0.312. The van der Waals surface area contributed by atoms with E-state index < -0.39 is 0 Å². The minimum absolute atomic E-state index is 0. The smallest absolute Gasteiger partial charge is 0.150 e. The van der Waals surface area contributed by atoms with Crippen LogP contribution >= 0.6 is 23.2 Å². The lowest BCUT2D eigenvalue weighted by atomic mass is 10.2. The molecule has 21 heavy (non-hydrogen) atoms. The molecule has 1 N–H and O–H groups in total. The fourth-order valence-corrected chi connectivity index (χ4v) is 1.86. The van der Waals surface area contributed by atoms with E-state index in [-0.39, 0.29) is 7.43 Å². The summed E-state index contributed by atoms with van der Waals surface area (Å²) in [7, 11) is 1.74. The lowest BCUT2D eigenvalue weighted by Gasteiger charge is -2.00. The Balaban J connectivity index is 0.00000128. The summed E-state index contributed by atoms with van der Waals surface area (Å²) < 4.78 is 5.71. The summed E-state index contributed by atoms with van der Waals surface area (Å²) in [5.41, 5.74) is 4.38. The van der Waals surface area contributed by atoms with Crippen molar-refractivity contribution >= 4 is 28.9 Å². The van der Waals surface area contributed by atoms with E-state index in [1.165, 1.54) is 0 Å². The van der Waals surface area contributed by atoms with Gasteiger partial charge in [0.2, 0.25) is 0 Å². The van der Waals surface area contributed by atoms with Crippen molar-refractivity contribution in [1.82, 2.24) is 5.43 Å². The molecule has 0 aliphatic rings. The van der Waals surface area contributed by atoms with Crippen LogP contribution in [0.15, 0.2) is 39.9 Å². The van der Waals surface area contributed by atoms with Crippen molar-refractivity contribution in [3.05, 3.63) is 46.1 Å². The Morgan fingerprint density at radius 3 is 2.33 bits per heavy atom. The lowest BCUT2D eigenvalue weighted by Crippen LogP contribution is -2.01. The van der Waals surface area contributed by atoms with Crippen LogP contribution in [0.1, 0.15) is 34.0 Å². The maximum Gasteiger partial charge on any atom is 0.150 e. The highest BCUT2D eigenvalue weighted by Crippen LogP contribution is 2.29. The second-order valence-corrected chi connectivity index (χ2v) is 4.53. The number of nitrogens with one attached hydrogen (secondary N) is 1. The third-order valence-corrected chi connectivity index (χ3v) is 3.19. The van der Waals surface area contributed by atoms with Crippen LogP contribution in [0.3, 0.4) is 0 Å². The first-order valence-corrected chi connectivity index (χ1v) is 7.14. The highest BCUT2D eigenvalue weighted by Gasteiger charge is 2.08. The van der Waals surface area contributed by atoms with E-state index in [4.69, 9.17) is 27.6 Å². The molecule has 3 nitrogen and oxygen atoms in total. The molecular weight excluding hydrogens is 307 g/mol. The molecule has 0 unspecified atom stereocenters. The molecule has 0 bridgehead atoms. The van der Waals surface area contributed by atoms with Gasteiger partial charge in [0.05, 0.1) is 15.8 Å². The van der Waals surface area contributed by atoms with Crippen molar-refractivity contribution in [1.29, 1.82) is 0 Å². The molecule has 0 amide bonds. The summed E-state index contributed by atoms with van der Waals surface area (Å²) in [6, 6.07) is 9.13. The monoisotopic (exact) mass is 328 g/mol. The Morgan fingerprint density at radius 1 is 1.10 bits per heavy atom. The van der Waals surface area contributed by atoms with E-state index in [1.807, 2.05) is 39.0 Å². The predicted octanol–water partition coefficient (Wildman–Crippen LogP) is 5.86. The summed E-state index contributed by atoms with van der Waals surface area (Å²) >= 11 is 11.9. The molecule has 2 rings (SSSR count).